The molecular formula is C18H13BrN2O2. The van der Waals surface area contributed by atoms with Crippen LogP contribution in [0.15, 0.2) is 77.3 Å². The molecule has 114 valence electrons. The van der Waals surface area contributed by atoms with Crippen molar-refractivity contribution in [3.8, 4) is 11.1 Å². The molecule has 0 aliphatic carbocycles. The fourth-order valence-corrected chi connectivity index (χ4v) is 2.69. The maximum atomic E-state index is 11.2. The summed E-state index contributed by atoms with van der Waals surface area (Å²) in [6.45, 7) is 0. The molecule has 0 spiro atoms. The average Bonchev–Trinajstić information content (AvgIpc) is 2.56. The summed E-state index contributed by atoms with van der Waals surface area (Å²) in [5.74, 6) is 0. The van der Waals surface area contributed by atoms with Gasteiger partial charge in [-0.3, -0.25) is 10.1 Å². The van der Waals surface area contributed by atoms with Gasteiger partial charge < -0.3 is 5.32 Å². The van der Waals surface area contributed by atoms with Gasteiger partial charge in [0.15, 0.2) is 0 Å². The molecule has 3 aromatic rings. The van der Waals surface area contributed by atoms with Crippen LogP contribution in [0.3, 0.4) is 0 Å². The van der Waals surface area contributed by atoms with Gasteiger partial charge in [0.1, 0.15) is 5.69 Å². The van der Waals surface area contributed by atoms with Crippen LogP contribution in [0.25, 0.3) is 11.1 Å². The van der Waals surface area contributed by atoms with Gasteiger partial charge in [-0.2, -0.15) is 0 Å². The number of hydrogen-bond donors (Lipinski definition) is 1. The van der Waals surface area contributed by atoms with Crippen molar-refractivity contribution in [2.24, 2.45) is 0 Å². The molecule has 0 radical (unpaired) electrons. The molecule has 0 aliphatic heterocycles. The van der Waals surface area contributed by atoms with E-state index in [4.69, 9.17) is 0 Å². The van der Waals surface area contributed by atoms with Crippen molar-refractivity contribution in [3.63, 3.8) is 0 Å². The normalized spacial score (nSPS) is 10.3. The Morgan fingerprint density at radius 2 is 1.61 bits per heavy atom. The van der Waals surface area contributed by atoms with Gasteiger partial charge in [-0.15, -0.1) is 0 Å². The summed E-state index contributed by atoms with van der Waals surface area (Å²) in [5.41, 5.74) is 3.44. The molecule has 23 heavy (non-hydrogen) atoms. The van der Waals surface area contributed by atoms with Gasteiger partial charge in [0, 0.05) is 16.2 Å². The van der Waals surface area contributed by atoms with Gasteiger partial charge in [0.2, 0.25) is 0 Å². The number of anilines is 2. The van der Waals surface area contributed by atoms with E-state index in [0.29, 0.717) is 5.69 Å². The Bertz CT molecular complexity index is 851. The van der Waals surface area contributed by atoms with Crippen molar-refractivity contribution in [1.82, 2.24) is 0 Å². The highest BCUT2D eigenvalue weighted by atomic mass is 79.9. The lowest BCUT2D eigenvalue weighted by molar-refractivity contribution is -0.383. The highest BCUT2D eigenvalue weighted by Gasteiger charge is 2.14. The zero-order chi connectivity index (χ0) is 16.2. The summed E-state index contributed by atoms with van der Waals surface area (Å²) in [4.78, 5) is 10.8. The zero-order valence-corrected chi connectivity index (χ0v) is 13.7. The molecule has 0 fully saturated rings. The van der Waals surface area contributed by atoms with E-state index in [-0.39, 0.29) is 5.69 Å². The van der Waals surface area contributed by atoms with Crippen LogP contribution < -0.4 is 5.32 Å². The molecule has 0 amide bonds. The first-order chi connectivity index (χ1) is 11.1. The minimum atomic E-state index is -0.393. The molecule has 1 N–H and O–H groups in total. The number of nitro groups is 1. The van der Waals surface area contributed by atoms with Gasteiger partial charge in [-0.1, -0.05) is 58.4 Å². The topological polar surface area (TPSA) is 55.2 Å². The Balaban J connectivity index is 1.96. The lowest BCUT2D eigenvalue weighted by atomic mass is 10.1. The third kappa shape index (κ3) is 3.57. The second-order valence-corrected chi connectivity index (χ2v) is 5.91. The molecule has 0 heterocycles. The number of halogens is 1. The van der Waals surface area contributed by atoms with Crippen LogP contribution in [-0.4, -0.2) is 4.92 Å². The number of nitrogens with one attached hydrogen (secondary N) is 1. The van der Waals surface area contributed by atoms with Crippen LogP contribution in [-0.2, 0) is 0 Å². The lowest BCUT2D eigenvalue weighted by Crippen LogP contribution is -1.97. The number of benzene rings is 3. The SMILES string of the molecule is O=[N+]([O-])c1ccc(Br)cc1Nc1cccc(-c2ccccc2)c1. The minimum Gasteiger partial charge on any atom is -0.350 e. The largest absolute Gasteiger partial charge is 0.350 e. The fraction of sp³-hybridized carbons (Fsp3) is 0. The standard InChI is InChI=1S/C18H13BrN2O2/c19-15-9-10-18(21(22)23)17(12-15)20-16-8-4-7-14(11-16)13-5-2-1-3-6-13/h1-12,20H. The van der Waals surface area contributed by atoms with E-state index < -0.39 is 4.92 Å². The lowest BCUT2D eigenvalue weighted by Gasteiger charge is -2.09. The van der Waals surface area contributed by atoms with Crippen molar-refractivity contribution < 1.29 is 4.92 Å². The third-order valence-corrected chi connectivity index (χ3v) is 3.90. The van der Waals surface area contributed by atoms with E-state index in [1.165, 1.54) is 6.07 Å². The summed E-state index contributed by atoms with van der Waals surface area (Å²) in [5, 5.41) is 14.3. The average molecular weight is 369 g/mol. The maximum absolute atomic E-state index is 11.2. The monoisotopic (exact) mass is 368 g/mol. The summed E-state index contributed by atoms with van der Waals surface area (Å²) >= 11 is 3.35. The quantitative estimate of drug-likeness (QED) is 0.469. The number of hydrogen-bond acceptors (Lipinski definition) is 3. The second kappa shape index (κ2) is 6.62. The smallest absolute Gasteiger partial charge is 0.292 e. The molecule has 0 aromatic heterocycles. The highest BCUT2D eigenvalue weighted by molar-refractivity contribution is 9.10. The number of nitrogens with zero attached hydrogens (tertiary/aromatic N) is 1. The van der Waals surface area contributed by atoms with Crippen molar-refractivity contribution in [2.45, 2.75) is 0 Å². The van der Waals surface area contributed by atoms with Gasteiger partial charge in [-0.05, 0) is 35.4 Å². The molecule has 0 unspecified atom stereocenters. The molecular weight excluding hydrogens is 356 g/mol. The molecule has 4 nitrogen and oxygen atoms in total. The van der Waals surface area contributed by atoms with Crippen molar-refractivity contribution >= 4 is 33.0 Å². The van der Waals surface area contributed by atoms with E-state index >= 15 is 0 Å². The molecule has 3 aromatic carbocycles. The van der Waals surface area contributed by atoms with Crippen LogP contribution in [0.1, 0.15) is 0 Å². The highest BCUT2D eigenvalue weighted by Crippen LogP contribution is 2.31. The first-order valence-electron chi connectivity index (χ1n) is 7.00. The predicted molar refractivity (Wildman–Crippen MR) is 96.0 cm³/mol. The van der Waals surface area contributed by atoms with Crippen molar-refractivity contribution in [1.29, 1.82) is 0 Å². The van der Waals surface area contributed by atoms with Gasteiger partial charge >= 0.3 is 0 Å². The number of nitro benzene ring substituents is 1. The Morgan fingerprint density at radius 3 is 2.35 bits per heavy atom. The minimum absolute atomic E-state index is 0.0401. The van der Waals surface area contributed by atoms with Gasteiger partial charge in [0.05, 0.1) is 4.92 Å². The molecule has 0 saturated carbocycles. The van der Waals surface area contributed by atoms with Crippen LogP contribution in [0, 0.1) is 10.1 Å². The zero-order valence-electron chi connectivity index (χ0n) is 12.1. The maximum Gasteiger partial charge on any atom is 0.292 e. The summed E-state index contributed by atoms with van der Waals surface area (Å²) in [7, 11) is 0. The summed E-state index contributed by atoms with van der Waals surface area (Å²) < 4.78 is 0.782. The molecule has 0 atom stereocenters. The van der Waals surface area contributed by atoms with Crippen LogP contribution in [0.4, 0.5) is 17.1 Å². The summed E-state index contributed by atoms with van der Waals surface area (Å²) in [6, 6.07) is 22.6. The van der Waals surface area contributed by atoms with Crippen molar-refractivity contribution in [3.05, 3.63) is 87.4 Å². The molecule has 0 bridgehead atoms. The van der Waals surface area contributed by atoms with E-state index in [2.05, 4.69) is 21.2 Å². The third-order valence-electron chi connectivity index (χ3n) is 3.40. The predicted octanol–water partition coefficient (Wildman–Crippen LogP) is 5.77. The van der Waals surface area contributed by atoms with E-state index in [0.717, 1.165) is 21.3 Å². The fourth-order valence-electron chi connectivity index (χ4n) is 2.33. The van der Waals surface area contributed by atoms with E-state index in [9.17, 15) is 10.1 Å². The molecule has 5 heteroatoms. The van der Waals surface area contributed by atoms with Crippen molar-refractivity contribution in [2.75, 3.05) is 5.32 Å². The summed E-state index contributed by atoms with van der Waals surface area (Å²) in [6.07, 6.45) is 0. The molecule has 0 aliphatic rings. The van der Waals surface area contributed by atoms with Crippen LogP contribution in [0.2, 0.25) is 0 Å². The Labute approximate surface area is 142 Å². The van der Waals surface area contributed by atoms with E-state index in [1.54, 1.807) is 12.1 Å². The second-order valence-electron chi connectivity index (χ2n) is 4.99. The molecule has 0 saturated heterocycles. The Morgan fingerprint density at radius 1 is 0.870 bits per heavy atom. The first-order valence-corrected chi connectivity index (χ1v) is 7.79. The van der Waals surface area contributed by atoms with E-state index in [1.807, 2.05) is 54.6 Å². The van der Waals surface area contributed by atoms with Crippen LogP contribution in [0.5, 0.6) is 0 Å². The van der Waals surface area contributed by atoms with Gasteiger partial charge in [0.25, 0.3) is 5.69 Å². The first kappa shape index (κ1) is 15.2. The Hall–Kier alpha value is -2.66. The number of rotatable bonds is 4. The van der Waals surface area contributed by atoms with Crippen LogP contribution >= 0.6 is 15.9 Å². The Kier molecular flexibility index (Phi) is 4.39. The molecule has 3 rings (SSSR count). The van der Waals surface area contributed by atoms with Gasteiger partial charge in [-0.25, -0.2) is 0 Å².